The van der Waals surface area contributed by atoms with Crippen molar-refractivity contribution in [1.82, 2.24) is 4.57 Å². The predicted molar refractivity (Wildman–Crippen MR) is 79.3 cm³/mol. The average Bonchev–Trinajstić information content (AvgIpc) is 2.39. The third-order valence-electron chi connectivity index (χ3n) is 3.37. The lowest BCUT2D eigenvalue weighted by Gasteiger charge is -2.25. The number of nitrogens with zero attached hydrogens (tertiary/aromatic N) is 1. The van der Waals surface area contributed by atoms with Crippen molar-refractivity contribution < 1.29 is 0 Å². The molecule has 0 aliphatic heterocycles. The monoisotopic (exact) mass is 268 g/mol. The lowest BCUT2D eigenvalue weighted by molar-refractivity contribution is 0.494. The standard InChI is InChI=1S/C14H23ClNSi/c1-5-12(4)13-10-8-9-11-14(13)17(15)16(6-2)7-3/h8-12H,5-7H2,1-4H3. The van der Waals surface area contributed by atoms with Gasteiger partial charge < -0.3 is 4.57 Å². The van der Waals surface area contributed by atoms with E-state index in [1.807, 2.05) is 0 Å². The number of halogens is 1. The van der Waals surface area contributed by atoms with Crippen LogP contribution < -0.4 is 5.19 Å². The van der Waals surface area contributed by atoms with Crippen molar-refractivity contribution in [2.75, 3.05) is 13.1 Å². The van der Waals surface area contributed by atoms with Crippen LogP contribution in [0.25, 0.3) is 0 Å². The third-order valence-corrected chi connectivity index (χ3v) is 6.78. The highest BCUT2D eigenvalue weighted by Gasteiger charge is 2.22. The highest BCUT2D eigenvalue weighted by Crippen LogP contribution is 2.18. The fraction of sp³-hybridized carbons (Fsp3) is 0.571. The molecule has 17 heavy (non-hydrogen) atoms. The summed E-state index contributed by atoms with van der Waals surface area (Å²) in [6.45, 7) is 10.9. The second kappa shape index (κ2) is 7.19. The Morgan fingerprint density at radius 1 is 1.18 bits per heavy atom. The molecule has 1 atom stereocenters. The summed E-state index contributed by atoms with van der Waals surface area (Å²) in [5.41, 5.74) is 1.44. The fourth-order valence-corrected chi connectivity index (χ4v) is 4.94. The van der Waals surface area contributed by atoms with Crippen LogP contribution in [0.2, 0.25) is 0 Å². The van der Waals surface area contributed by atoms with Crippen molar-refractivity contribution in [3.63, 3.8) is 0 Å². The summed E-state index contributed by atoms with van der Waals surface area (Å²) in [5, 5.41) is 1.37. The van der Waals surface area contributed by atoms with Gasteiger partial charge in [-0.15, -0.1) is 11.1 Å². The first-order valence-electron chi connectivity index (χ1n) is 6.52. The minimum absolute atomic E-state index is 0.598. The smallest absolute Gasteiger partial charge is 0.287 e. The molecule has 1 rings (SSSR count). The lowest BCUT2D eigenvalue weighted by atomic mass is 9.99. The summed E-state index contributed by atoms with van der Waals surface area (Å²) in [4.78, 5) is 0. The number of benzene rings is 1. The van der Waals surface area contributed by atoms with Gasteiger partial charge in [-0.3, -0.25) is 0 Å². The van der Waals surface area contributed by atoms with Crippen molar-refractivity contribution in [2.45, 2.75) is 40.0 Å². The van der Waals surface area contributed by atoms with Crippen LogP contribution in [-0.2, 0) is 0 Å². The molecular formula is C14H23ClNSi. The van der Waals surface area contributed by atoms with Crippen LogP contribution in [0.15, 0.2) is 24.3 Å². The van der Waals surface area contributed by atoms with Crippen LogP contribution in [0.1, 0.15) is 45.6 Å². The molecule has 0 aliphatic carbocycles. The molecule has 0 heterocycles. The Morgan fingerprint density at radius 3 is 2.29 bits per heavy atom. The van der Waals surface area contributed by atoms with Crippen molar-refractivity contribution in [1.29, 1.82) is 0 Å². The Morgan fingerprint density at radius 2 is 1.76 bits per heavy atom. The van der Waals surface area contributed by atoms with Gasteiger partial charge in [-0.2, -0.15) is 0 Å². The van der Waals surface area contributed by atoms with E-state index in [1.165, 1.54) is 17.2 Å². The first kappa shape index (κ1) is 14.7. The Bertz CT molecular complexity index is 339. The second-order valence-corrected chi connectivity index (χ2v) is 7.19. The quantitative estimate of drug-likeness (QED) is 0.564. The van der Waals surface area contributed by atoms with Gasteiger partial charge in [0.05, 0.1) is 0 Å². The molecule has 1 unspecified atom stereocenters. The Balaban J connectivity index is 3.03. The van der Waals surface area contributed by atoms with Gasteiger partial charge >= 0.3 is 0 Å². The Hall–Kier alpha value is -0.313. The molecule has 95 valence electrons. The van der Waals surface area contributed by atoms with Crippen LogP contribution in [0, 0.1) is 0 Å². The Labute approximate surface area is 112 Å². The van der Waals surface area contributed by atoms with E-state index in [0.717, 1.165) is 13.1 Å². The van der Waals surface area contributed by atoms with Crippen molar-refractivity contribution >= 4 is 24.5 Å². The SMILES string of the molecule is CCC(C)c1ccccc1[Si](Cl)N(CC)CC. The minimum atomic E-state index is -1.09. The average molecular weight is 269 g/mol. The zero-order valence-electron chi connectivity index (χ0n) is 11.3. The van der Waals surface area contributed by atoms with E-state index < -0.39 is 8.27 Å². The Kier molecular flexibility index (Phi) is 6.24. The van der Waals surface area contributed by atoms with Gasteiger partial charge in [-0.1, -0.05) is 52.0 Å². The normalized spacial score (nSPS) is 13.4. The van der Waals surface area contributed by atoms with Gasteiger partial charge in [-0.25, -0.2) is 0 Å². The topological polar surface area (TPSA) is 3.24 Å². The molecule has 1 aromatic rings. The molecule has 0 fully saturated rings. The summed E-state index contributed by atoms with van der Waals surface area (Å²) in [7, 11) is -1.09. The molecule has 0 saturated heterocycles. The minimum Gasteiger partial charge on any atom is -0.309 e. The maximum atomic E-state index is 6.71. The summed E-state index contributed by atoms with van der Waals surface area (Å²) in [5.74, 6) is 0.598. The van der Waals surface area contributed by atoms with Crippen molar-refractivity contribution in [3.05, 3.63) is 29.8 Å². The lowest BCUT2D eigenvalue weighted by Crippen LogP contribution is -2.45. The molecule has 0 saturated carbocycles. The first-order valence-corrected chi connectivity index (χ1v) is 8.98. The van der Waals surface area contributed by atoms with Gasteiger partial charge in [0.1, 0.15) is 0 Å². The zero-order chi connectivity index (χ0) is 12.8. The summed E-state index contributed by atoms with van der Waals surface area (Å²) in [6.07, 6.45) is 1.17. The largest absolute Gasteiger partial charge is 0.309 e. The van der Waals surface area contributed by atoms with E-state index in [9.17, 15) is 0 Å². The molecule has 1 radical (unpaired) electrons. The second-order valence-electron chi connectivity index (χ2n) is 4.36. The van der Waals surface area contributed by atoms with Gasteiger partial charge in [0, 0.05) is 0 Å². The van der Waals surface area contributed by atoms with Crippen LogP contribution in [0.5, 0.6) is 0 Å². The summed E-state index contributed by atoms with van der Waals surface area (Å²) in [6, 6.07) is 8.68. The molecule has 0 spiro atoms. The van der Waals surface area contributed by atoms with Crippen LogP contribution in [-0.4, -0.2) is 25.9 Å². The fourth-order valence-electron chi connectivity index (χ4n) is 2.01. The van der Waals surface area contributed by atoms with E-state index in [4.69, 9.17) is 11.1 Å². The summed E-state index contributed by atoms with van der Waals surface area (Å²) < 4.78 is 2.38. The first-order chi connectivity index (χ1) is 8.15. The maximum Gasteiger partial charge on any atom is 0.287 e. The molecule has 0 N–H and O–H groups in total. The number of hydrogen-bond acceptors (Lipinski definition) is 1. The van der Waals surface area contributed by atoms with E-state index >= 15 is 0 Å². The van der Waals surface area contributed by atoms with Crippen LogP contribution >= 0.6 is 11.1 Å². The van der Waals surface area contributed by atoms with E-state index in [2.05, 4.69) is 56.5 Å². The van der Waals surface area contributed by atoms with Gasteiger partial charge in [0.15, 0.2) is 0 Å². The molecule has 3 heteroatoms. The van der Waals surface area contributed by atoms with Gasteiger partial charge in [-0.05, 0) is 36.2 Å². The highest BCUT2D eigenvalue weighted by molar-refractivity contribution is 7.12. The summed E-state index contributed by atoms with van der Waals surface area (Å²) >= 11 is 6.71. The van der Waals surface area contributed by atoms with Crippen LogP contribution in [0.4, 0.5) is 0 Å². The number of rotatable bonds is 6. The van der Waals surface area contributed by atoms with Crippen molar-refractivity contribution in [3.8, 4) is 0 Å². The number of hydrogen-bond donors (Lipinski definition) is 0. The van der Waals surface area contributed by atoms with Gasteiger partial charge in [0.2, 0.25) is 0 Å². The molecule has 0 aliphatic rings. The maximum absolute atomic E-state index is 6.71. The molecule has 1 nitrogen and oxygen atoms in total. The highest BCUT2D eigenvalue weighted by atomic mass is 35.6. The van der Waals surface area contributed by atoms with Crippen LogP contribution in [0.3, 0.4) is 0 Å². The van der Waals surface area contributed by atoms with E-state index in [0.29, 0.717) is 5.92 Å². The van der Waals surface area contributed by atoms with Gasteiger partial charge in [0.25, 0.3) is 8.27 Å². The third kappa shape index (κ3) is 3.57. The molecule has 0 aromatic heterocycles. The molecular weight excluding hydrogens is 246 g/mol. The molecule has 0 bridgehead atoms. The molecule has 1 aromatic carbocycles. The van der Waals surface area contributed by atoms with Crippen molar-refractivity contribution in [2.24, 2.45) is 0 Å². The molecule has 0 amide bonds. The van der Waals surface area contributed by atoms with E-state index in [-0.39, 0.29) is 0 Å². The predicted octanol–water partition coefficient (Wildman–Crippen LogP) is 3.48. The zero-order valence-corrected chi connectivity index (χ0v) is 13.1. The van der Waals surface area contributed by atoms with E-state index in [1.54, 1.807) is 0 Å².